The summed E-state index contributed by atoms with van der Waals surface area (Å²) in [6.45, 7) is 22.3. The molecule has 0 aliphatic heterocycles. The highest BCUT2D eigenvalue weighted by Crippen LogP contribution is 2.05. The van der Waals surface area contributed by atoms with Crippen LogP contribution in [0.25, 0.3) is 0 Å². The SMILES string of the molecule is CC(C)C(C)C.CCC(C)C.CCCC(C)C. The van der Waals surface area contributed by atoms with Crippen LogP contribution in [0, 0.1) is 23.7 Å². The van der Waals surface area contributed by atoms with Crippen LogP contribution in [-0.4, -0.2) is 0 Å². The number of hydrogen-bond acceptors (Lipinski definition) is 0. The first kappa shape index (κ1) is 22.2. The van der Waals surface area contributed by atoms with Crippen molar-refractivity contribution in [1.82, 2.24) is 0 Å². The summed E-state index contributed by atoms with van der Waals surface area (Å²) >= 11 is 0. The van der Waals surface area contributed by atoms with Crippen molar-refractivity contribution in [3.63, 3.8) is 0 Å². The average molecular weight is 245 g/mol. The van der Waals surface area contributed by atoms with Gasteiger partial charge in [0.1, 0.15) is 0 Å². The summed E-state index contributed by atoms with van der Waals surface area (Å²) in [5.74, 6) is 3.49. The third-order valence-electron chi connectivity index (χ3n) is 3.02. The molecule has 0 amide bonds. The maximum atomic E-state index is 2.25. The molecule has 0 unspecified atom stereocenters. The summed E-state index contributed by atoms with van der Waals surface area (Å²) in [6, 6.07) is 0. The van der Waals surface area contributed by atoms with Crippen molar-refractivity contribution in [3.05, 3.63) is 0 Å². The molecule has 0 saturated heterocycles. The first-order valence-corrected chi connectivity index (χ1v) is 7.68. The van der Waals surface area contributed by atoms with E-state index in [0.717, 1.165) is 23.7 Å². The van der Waals surface area contributed by atoms with Gasteiger partial charge in [0.25, 0.3) is 0 Å². The Balaban J connectivity index is -0.000000174. The molecule has 0 radical (unpaired) electrons. The highest BCUT2D eigenvalue weighted by atomic mass is 14.0. The van der Waals surface area contributed by atoms with Gasteiger partial charge in [-0.15, -0.1) is 0 Å². The molecule has 0 heteroatoms. The van der Waals surface area contributed by atoms with E-state index in [-0.39, 0.29) is 0 Å². The van der Waals surface area contributed by atoms with Crippen LogP contribution in [0.5, 0.6) is 0 Å². The second-order valence-corrected chi connectivity index (χ2v) is 6.47. The molecule has 0 N–H and O–H groups in total. The van der Waals surface area contributed by atoms with Crippen LogP contribution in [0.2, 0.25) is 0 Å². The summed E-state index contributed by atoms with van der Waals surface area (Å²) in [7, 11) is 0. The predicted molar refractivity (Wildman–Crippen MR) is 84.6 cm³/mol. The molecule has 0 fully saturated rings. The van der Waals surface area contributed by atoms with Crippen molar-refractivity contribution in [2.24, 2.45) is 23.7 Å². The largest absolute Gasteiger partial charge is 0.0654 e. The summed E-state index contributed by atoms with van der Waals surface area (Å²) in [6.07, 6.45) is 4.01. The van der Waals surface area contributed by atoms with Gasteiger partial charge in [0.2, 0.25) is 0 Å². The van der Waals surface area contributed by atoms with Gasteiger partial charge < -0.3 is 0 Å². The van der Waals surface area contributed by atoms with E-state index in [0.29, 0.717) is 0 Å². The van der Waals surface area contributed by atoms with Crippen LogP contribution < -0.4 is 0 Å². The molecule has 0 aliphatic carbocycles. The average Bonchev–Trinajstić information content (AvgIpc) is 2.19. The van der Waals surface area contributed by atoms with E-state index in [1.54, 1.807) is 0 Å². The normalized spacial score (nSPS) is 10.2. The van der Waals surface area contributed by atoms with Crippen molar-refractivity contribution in [2.45, 2.75) is 88.5 Å². The molecule has 0 aromatic rings. The Morgan fingerprint density at radius 3 is 0.882 bits per heavy atom. The molecular formula is C17H40. The maximum Gasteiger partial charge on any atom is -0.0448 e. The Hall–Kier alpha value is 0. The Morgan fingerprint density at radius 2 is 0.882 bits per heavy atom. The van der Waals surface area contributed by atoms with Crippen LogP contribution in [0.4, 0.5) is 0 Å². The van der Waals surface area contributed by atoms with E-state index in [4.69, 9.17) is 0 Å². The Morgan fingerprint density at radius 1 is 0.588 bits per heavy atom. The van der Waals surface area contributed by atoms with E-state index < -0.39 is 0 Å². The van der Waals surface area contributed by atoms with Gasteiger partial charge in [0.05, 0.1) is 0 Å². The second-order valence-electron chi connectivity index (χ2n) is 6.47. The fraction of sp³-hybridized carbons (Fsp3) is 1.00. The standard InChI is InChI=1S/2C6H14.C5H12/c1-5(2)6(3)4;1-4-5-6(2)3;1-4-5(2)3/h5-6H,1-4H3;6H,4-5H2,1-3H3;5H,4H2,1-3H3. The molecule has 0 bridgehead atoms. The van der Waals surface area contributed by atoms with Gasteiger partial charge >= 0.3 is 0 Å². The third kappa shape index (κ3) is 38.7. The molecule has 0 saturated carbocycles. The monoisotopic (exact) mass is 244 g/mol. The zero-order chi connectivity index (χ0) is 14.4. The molecule has 0 aromatic heterocycles. The molecule has 0 spiro atoms. The first-order valence-electron chi connectivity index (χ1n) is 7.68. The fourth-order valence-electron chi connectivity index (χ4n) is 0.577. The van der Waals surface area contributed by atoms with Crippen molar-refractivity contribution in [2.75, 3.05) is 0 Å². The second kappa shape index (κ2) is 16.0. The number of rotatable bonds is 4. The zero-order valence-corrected chi connectivity index (χ0v) is 14.4. The van der Waals surface area contributed by atoms with Gasteiger partial charge in [-0.3, -0.25) is 0 Å². The van der Waals surface area contributed by atoms with Crippen molar-refractivity contribution in [1.29, 1.82) is 0 Å². The molecule has 0 atom stereocenters. The smallest absolute Gasteiger partial charge is 0.0448 e. The maximum absolute atomic E-state index is 2.25. The molecule has 0 aliphatic rings. The zero-order valence-electron chi connectivity index (χ0n) is 14.4. The van der Waals surface area contributed by atoms with Gasteiger partial charge in [0.15, 0.2) is 0 Å². The van der Waals surface area contributed by atoms with Gasteiger partial charge in [-0.25, -0.2) is 0 Å². The molecule has 0 nitrogen and oxygen atoms in total. The molecule has 0 rings (SSSR count). The Labute approximate surface area is 113 Å². The van der Waals surface area contributed by atoms with Crippen molar-refractivity contribution < 1.29 is 0 Å². The minimum absolute atomic E-state index is 0.852. The van der Waals surface area contributed by atoms with Gasteiger partial charge in [-0.1, -0.05) is 88.5 Å². The van der Waals surface area contributed by atoms with E-state index >= 15 is 0 Å². The highest BCUT2D eigenvalue weighted by Gasteiger charge is 1.95. The lowest BCUT2D eigenvalue weighted by molar-refractivity contribution is 0.457. The van der Waals surface area contributed by atoms with Crippen molar-refractivity contribution in [3.8, 4) is 0 Å². The van der Waals surface area contributed by atoms with Crippen LogP contribution in [0.15, 0.2) is 0 Å². The Bertz CT molecular complexity index is 103. The van der Waals surface area contributed by atoms with Crippen LogP contribution in [-0.2, 0) is 0 Å². The minimum Gasteiger partial charge on any atom is -0.0654 e. The lowest BCUT2D eigenvalue weighted by Crippen LogP contribution is -1.95. The topological polar surface area (TPSA) is 0 Å². The minimum atomic E-state index is 0.852. The summed E-state index contributed by atoms with van der Waals surface area (Å²) < 4.78 is 0. The molecule has 0 heterocycles. The van der Waals surface area contributed by atoms with Crippen LogP contribution in [0.3, 0.4) is 0 Å². The predicted octanol–water partition coefficient (Wildman–Crippen LogP) is 6.79. The van der Waals surface area contributed by atoms with E-state index in [9.17, 15) is 0 Å². The first-order chi connectivity index (χ1) is 7.68. The van der Waals surface area contributed by atoms with Gasteiger partial charge in [0, 0.05) is 0 Å². The molecule has 108 valence electrons. The molecule has 17 heavy (non-hydrogen) atoms. The highest BCUT2D eigenvalue weighted by molar-refractivity contribution is 4.46. The summed E-state index contributed by atoms with van der Waals surface area (Å²) in [5.41, 5.74) is 0. The third-order valence-corrected chi connectivity index (χ3v) is 3.02. The van der Waals surface area contributed by atoms with E-state index in [1.165, 1.54) is 19.3 Å². The molecule has 0 aromatic carbocycles. The van der Waals surface area contributed by atoms with Crippen molar-refractivity contribution >= 4 is 0 Å². The quantitative estimate of drug-likeness (QED) is 0.510. The fourth-order valence-corrected chi connectivity index (χ4v) is 0.577. The van der Waals surface area contributed by atoms with E-state index in [2.05, 4.69) is 69.2 Å². The van der Waals surface area contributed by atoms with Crippen LogP contribution in [0.1, 0.15) is 88.5 Å². The number of hydrogen-bond donors (Lipinski definition) is 0. The molecular weight excluding hydrogens is 204 g/mol. The van der Waals surface area contributed by atoms with Gasteiger partial charge in [-0.2, -0.15) is 0 Å². The lowest BCUT2D eigenvalue weighted by atomic mass is 10.0. The van der Waals surface area contributed by atoms with Crippen LogP contribution >= 0.6 is 0 Å². The Kier molecular flexibility index (Phi) is 20.9. The summed E-state index contributed by atoms with van der Waals surface area (Å²) in [4.78, 5) is 0. The lowest BCUT2D eigenvalue weighted by Gasteiger charge is -2.05. The van der Waals surface area contributed by atoms with E-state index in [1.807, 2.05) is 0 Å². The summed E-state index contributed by atoms with van der Waals surface area (Å²) in [5, 5.41) is 0. The van der Waals surface area contributed by atoms with Gasteiger partial charge in [-0.05, 0) is 23.7 Å².